The third-order valence-corrected chi connectivity index (χ3v) is 3.71. The summed E-state index contributed by atoms with van der Waals surface area (Å²) >= 11 is 1.32. The van der Waals surface area contributed by atoms with Gasteiger partial charge in [-0.3, -0.25) is 4.79 Å². The fraction of sp³-hybridized carbons (Fsp3) is 0.143. The standard InChI is InChI=1S/C14H12F2N2O3S/c1-18-6-8(14(20)21)12(11(16)13(18)19)17-10-4-3-7(22-2)5-9(10)15/h3-6,17H,1-2H3,(H,20,21). The van der Waals surface area contributed by atoms with Crippen LogP contribution >= 0.6 is 11.8 Å². The zero-order chi connectivity index (χ0) is 16.4. The third-order valence-electron chi connectivity index (χ3n) is 2.99. The van der Waals surface area contributed by atoms with E-state index in [0.29, 0.717) is 4.90 Å². The quantitative estimate of drug-likeness (QED) is 0.846. The molecule has 2 N–H and O–H groups in total. The number of pyridine rings is 1. The topological polar surface area (TPSA) is 71.3 Å². The zero-order valence-electron chi connectivity index (χ0n) is 11.7. The number of carboxylic acids is 1. The number of benzene rings is 1. The number of anilines is 2. The van der Waals surface area contributed by atoms with Crippen molar-refractivity contribution in [1.29, 1.82) is 0 Å². The molecule has 0 fully saturated rings. The highest BCUT2D eigenvalue weighted by atomic mass is 32.2. The number of carboxylic acid groups (broad SMARTS) is 1. The lowest BCUT2D eigenvalue weighted by molar-refractivity contribution is 0.0696. The first-order valence-electron chi connectivity index (χ1n) is 6.08. The zero-order valence-corrected chi connectivity index (χ0v) is 12.5. The van der Waals surface area contributed by atoms with Crippen molar-refractivity contribution in [3.63, 3.8) is 0 Å². The Hall–Kier alpha value is -2.35. The molecule has 0 amide bonds. The van der Waals surface area contributed by atoms with Gasteiger partial charge >= 0.3 is 5.97 Å². The highest BCUT2D eigenvalue weighted by molar-refractivity contribution is 7.98. The van der Waals surface area contributed by atoms with E-state index in [0.717, 1.165) is 10.8 Å². The van der Waals surface area contributed by atoms with Gasteiger partial charge in [0.15, 0.2) is 0 Å². The molecule has 1 heterocycles. The van der Waals surface area contributed by atoms with Gasteiger partial charge in [0, 0.05) is 18.1 Å². The SMILES string of the molecule is CSc1ccc(Nc2c(C(=O)O)cn(C)c(=O)c2F)c(F)c1. The van der Waals surface area contributed by atoms with Crippen LogP contribution in [0.3, 0.4) is 0 Å². The first-order chi connectivity index (χ1) is 10.3. The van der Waals surface area contributed by atoms with Crippen molar-refractivity contribution in [3.8, 4) is 0 Å². The van der Waals surface area contributed by atoms with Crippen molar-refractivity contribution < 1.29 is 18.7 Å². The Kier molecular flexibility index (Phi) is 4.51. The van der Waals surface area contributed by atoms with Crippen LogP contribution in [-0.2, 0) is 7.05 Å². The number of nitrogens with one attached hydrogen (secondary N) is 1. The van der Waals surface area contributed by atoms with Gasteiger partial charge in [-0.15, -0.1) is 11.8 Å². The summed E-state index contributed by atoms with van der Waals surface area (Å²) in [7, 11) is 1.23. The van der Waals surface area contributed by atoms with Gasteiger partial charge in [0.25, 0.3) is 5.56 Å². The molecule has 2 rings (SSSR count). The molecule has 0 atom stereocenters. The molecule has 0 radical (unpaired) electrons. The number of nitrogens with zero attached hydrogens (tertiary/aromatic N) is 1. The van der Waals surface area contributed by atoms with Crippen molar-refractivity contribution in [2.75, 3.05) is 11.6 Å². The number of halogens is 2. The second-order valence-corrected chi connectivity index (χ2v) is 5.30. The van der Waals surface area contributed by atoms with Crippen LogP contribution < -0.4 is 10.9 Å². The Labute approximate surface area is 128 Å². The number of aryl methyl sites for hydroxylation is 1. The summed E-state index contributed by atoms with van der Waals surface area (Å²) in [6, 6.07) is 4.17. The van der Waals surface area contributed by atoms with Crippen molar-refractivity contribution >= 4 is 29.1 Å². The molecular formula is C14H12F2N2O3S. The van der Waals surface area contributed by atoms with Crippen LogP contribution in [0.1, 0.15) is 10.4 Å². The van der Waals surface area contributed by atoms with E-state index in [-0.39, 0.29) is 5.69 Å². The highest BCUT2D eigenvalue weighted by Crippen LogP contribution is 2.27. The minimum atomic E-state index is -1.43. The van der Waals surface area contributed by atoms with Crippen molar-refractivity contribution in [2.45, 2.75) is 4.90 Å². The van der Waals surface area contributed by atoms with Crippen molar-refractivity contribution in [2.24, 2.45) is 7.05 Å². The Morgan fingerprint density at radius 3 is 2.59 bits per heavy atom. The van der Waals surface area contributed by atoms with Crippen LogP contribution in [0, 0.1) is 11.6 Å². The molecule has 0 aliphatic carbocycles. The molecule has 0 bridgehead atoms. The monoisotopic (exact) mass is 326 g/mol. The van der Waals surface area contributed by atoms with Gasteiger partial charge in [-0.25, -0.2) is 9.18 Å². The molecule has 0 saturated heterocycles. The lowest BCUT2D eigenvalue weighted by atomic mass is 10.2. The van der Waals surface area contributed by atoms with E-state index >= 15 is 0 Å². The third kappa shape index (κ3) is 2.96. The minimum absolute atomic E-state index is 0.118. The van der Waals surface area contributed by atoms with Crippen LogP contribution in [0.5, 0.6) is 0 Å². The van der Waals surface area contributed by atoms with Gasteiger partial charge in [0.1, 0.15) is 11.4 Å². The first-order valence-corrected chi connectivity index (χ1v) is 7.30. The smallest absolute Gasteiger partial charge is 0.339 e. The number of hydrogen-bond donors (Lipinski definition) is 2. The van der Waals surface area contributed by atoms with E-state index in [4.69, 9.17) is 5.11 Å². The summed E-state index contributed by atoms with van der Waals surface area (Å²) in [5.74, 6) is -3.39. The molecule has 0 aliphatic rings. The van der Waals surface area contributed by atoms with Crippen molar-refractivity contribution in [3.05, 3.63) is 51.9 Å². The molecular weight excluding hydrogens is 314 g/mol. The summed E-state index contributed by atoms with van der Waals surface area (Å²) in [5, 5.41) is 11.5. The van der Waals surface area contributed by atoms with Gasteiger partial charge in [-0.2, -0.15) is 4.39 Å². The Morgan fingerprint density at radius 2 is 2.05 bits per heavy atom. The van der Waals surface area contributed by atoms with E-state index in [1.807, 2.05) is 0 Å². The first kappa shape index (κ1) is 16.0. The maximum atomic E-state index is 14.1. The van der Waals surface area contributed by atoms with Crippen LogP contribution in [0.4, 0.5) is 20.2 Å². The predicted octanol–water partition coefficient (Wildman–Crippen LogP) is 2.83. The number of rotatable bonds is 4. The van der Waals surface area contributed by atoms with Crippen LogP contribution in [0.25, 0.3) is 0 Å². The molecule has 116 valence electrons. The van der Waals surface area contributed by atoms with E-state index in [9.17, 15) is 18.4 Å². The van der Waals surface area contributed by atoms with Gasteiger partial charge in [-0.05, 0) is 24.5 Å². The Balaban J connectivity index is 2.56. The summed E-state index contributed by atoms with van der Waals surface area (Å²) < 4.78 is 28.8. The van der Waals surface area contributed by atoms with Gasteiger partial charge < -0.3 is 15.0 Å². The molecule has 0 unspecified atom stereocenters. The average Bonchev–Trinajstić information content (AvgIpc) is 2.48. The molecule has 0 saturated carbocycles. The number of thioether (sulfide) groups is 1. The highest BCUT2D eigenvalue weighted by Gasteiger charge is 2.20. The molecule has 1 aromatic carbocycles. The fourth-order valence-electron chi connectivity index (χ4n) is 1.84. The van der Waals surface area contributed by atoms with E-state index in [1.165, 1.54) is 30.9 Å². The summed E-state index contributed by atoms with van der Waals surface area (Å²) in [6.07, 6.45) is 2.75. The Morgan fingerprint density at radius 1 is 1.36 bits per heavy atom. The lowest BCUT2D eigenvalue weighted by Gasteiger charge is -2.13. The van der Waals surface area contributed by atoms with Gasteiger partial charge in [0.05, 0.1) is 11.4 Å². The molecule has 22 heavy (non-hydrogen) atoms. The minimum Gasteiger partial charge on any atom is -0.478 e. The number of carbonyl (C=O) groups is 1. The largest absolute Gasteiger partial charge is 0.478 e. The number of hydrogen-bond acceptors (Lipinski definition) is 4. The van der Waals surface area contributed by atoms with E-state index in [1.54, 1.807) is 12.3 Å². The fourth-order valence-corrected chi connectivity index (χ4v) is 2.27. The second kappa shape index (κ2) is 6.18. The molecule has 8 heteroatoms. The van der Waals surface area contributed by atoms with Gasteiger partial charge in [0.2, 0.25) is 5.82 Å². The normalized spacial score (nSPS) is 10.5. The maximum absolute atomic E-state index is 14.1. The summed E-state index contributed by atoms with van der Waals surface area (Å²) in [4.78, 5) is 23.4. The Bertz CT molecular complexity index is 805. The van der Waals surface area contributed by atoms with E-state index in [2.05, 4.69) is 5.32 Å². The predicted molar refractivity (Wildman–Crippen MR) is 80.1 cm³/mol. The maximum Gasteiger partial charge on any atom is 0.339 e. The number of aromatic carboxylic acids is 1. The molecule has 2 aromatic rings. The molecule has 0 aliphatic heterocycles. The molecule has 0 spiro atoms. The summed E-state index contributed by atoms with van der Waals surface area (Å²) in [6.45, 7) is 0. The lowest BCUT2D eigenvalue weighted by Crippen LogP contribution is -2.24. The average molecular weight is 326 g/mol. The van der Waals surface area contributed by atoms with E-state index < -0.39 is 34.4 Å². The second-order valence-electron chi connectivity index (χ2n) is 4.42. The van der Waals surface area contributed by atoms with Crippen LogP contribution in [0.2, 0.25) is 0 Å². The molecule has 1 aromatic heterocycles. The van der Waals surface area contributed by atoms with Gasteiger partial charge in [-0.1, -0.05) is 0 Å². The summed E-state index contributed by atoms with van der Waals surface area (Å²) in [5.41, 5.74) is -2.15. The number of aromatic nitrogens is 1. The van der Waals surface area contributed by atoms with Crippen molar-refractivity contribution in [1.82, 2.24) is 4.57 Å². The molecule has 5 nitrogen and oxygen atoms in total. The van der Waals surface area contributed by atoms with Crippen LogP contribution in [0.15, 0.2) is 34.1 Å². The van der Waals surface area contributed by atoms with Crippen LogP contribution in [-0.4, -0.2) is 21.9 Å².